The van der Waals surface area contributed by atoms with E-state index < -0.39 is 0 Å². The van der Waals surface area contributed by atoms with Crippen LogP contribution in [0.15, 0.2) is 158 Å². The van der Waals surface area contributed by atoms with E-state index in [4.69, 9.17) is 9.68 Å². The number of fused-ring (bicyclic) bond motifs is 3. The topological polar surface area (TPSA) is 32.7 Å². The maximum Gasteiger partial charge on any atom is 0.569 e. The van der Waals surface area contributed by atoms with Crippen molar-refractivity contribution in [1.29, 1.82) is 0 Å². The van der Waals surface area contributed by atoms with Gasteiger partial charge in [-0.25, -0.2) is 0 Å². The van der Waals surface area contributed by atoms with Crippen molar-refractivity contribution < 1.29 is 9.68 Å². The minimum atomic E-state index is 0.578. The molecule has 0 saturated heterocycles. The van der Waals surface area contributed by atoms with Crippen LogP contribution in [0, 0.1) is 0 Å². The van der Waals surface area contributed by atoms with Crippen molar-refractivity contribution in [1.82, 2.24) is 0 Å². The van der Waals surface area contributed by atoms with Crippen molar-refractivity contribution in [3.8, 4) is 28.0 Å². The van der Waals surface area contributed by atoms with Gasteiger partial charge in [-0.3, -0.25) is 0 Å². The molecule has 0 heterocycles. The van der Waals surface area contributed by atoms with Gasteiger partial charge in [-0.1, -0.05) is 115 Å². The molecule has 0 amide bonds. The Labute approximate surface area is 252 Å². The van der Waals surface area contributed by atoms with Crippen LogP contribution in [0.25, 0.3) is 43.8 Å². The Hall–Kier alpha value is -5.32. The molecule has 0 spiro atoms. The van der Waals surface area contributed by atoms with Crippen molar-refractivity contribution in [3.63, 3.8) is 0 Å². The molecule has 1 N–H and O–H groups in total. The molecule has 43 heavy (non-hydrogen) atoms. The third-order valence-corrected chi connectivity index (χ3v) is 8.03. The molecule has 7 rings (SSSR count). The first kappa shape index (κ1) is 26.6. The van der Waals surface area contributed by atoms with E-state index in [0.717, 1.165) is 11.4 Å². The van der Waals surface area contributed by atoms with E-state index >= 15 is 0 Å². The van der Waals surface area contributed by atoms with E-state index in [1.54, 1.807) is 0 Å². The van der Waals surface area contributed by atoms with Crippen molar-refractivity contribution in [2.24, 2.45) is 0 Å². The molecular weight excluding hydrogens is 525 g/mol. The second kappa shape index (κ2) is 11.9. The molecule has 0 fully saturated rings. The number of benzene rings is 7. The van der Waals surface area contributed by atoms with Crippen molar-refractivity contribution in [3.05, 3.63) is 163 Å². The Morgan fingerprint density at radius 1 is 0.512 bits per heavy atom. The second-order valence-electron chi connectivity index (χ2n) is 10.6. The van der Waals surface area contributed by atoms with Crippen molar-refractivity contribution >= 4 is 40.6 Å². The second-order valence-corrected chi connectivity index (χ2v) is 10.6. The van der Waals surface area contributed by atoms with Gasteiger partial charge in [0.15, 0.2) is 0 Å². The van der Waals surface area contributed by atoms with E-state index in [1.165, 1.54) is 49.4 Å². The Balaban J connectivity index is 1.30. The molecule has 0 aliphatic rings. The lowest BCUT2D eigenvalue weighted by molar-refractivity contribution is 0.454. The summed E-state index contributed by atoms with van der Waals surface area (Å²) in [5.74, 6) is 0.578. The fraction of sp³-hybridized carbons (Fsp3) is 0.0256. The van der Waals surface area contributed by atoms with Crippen LogP contribution in [-0.4, -0.2) is 12.7 Å². The molecule has 0 bridgehead atoms. The molecule has 3 nitrogen and oxygen atoms in total. The van der Waals surface area contributed by atoms with Crippen LogP contribution >= 0.6 is 0 Å². The predicted octanol–water partition coefficient (Wildman–Crippen LogP) is 9.57. The number of hydrogen-bond donors (Lipinski definition) is 1. The Bertz CT molecular complexity index is 2010. The Morgan fingerprint density at radius 2 is 1.09 bits per heavy atom. The summed E-state index contributed by atoms with van der Waals surface area (Å²) in [6, 6.07) is 55.3. The van der Waals surface area contributed by atoms with Gasteiger partial charge in [0, 0.05) is 17.9 Å². The first-order valence-corrected chi connectivity index (χ1v) is 14.4. The largest absolute Gasteiger partial charge is 0.569 e. The molecule has 7 aromatic rings. The molecule has 1 radical (unpaired) electrons. The van der Waals surface area contributed by atoms with Gasteiger partial charge >= 0.3 is 7.69 Å². The average Bonchev–Trinajstić information content (AvgIpc) is 3.08. The molecule has 0 unspecified atom stereocenters. The minimum Gasteiger partial charge on any atom is -0.537 e. The molecular formula is C39H29BNO2. The highest BCUT2D eigenvalue weighted by molar-refractivity contribution is 6.17. The molecule has 205 valence electrons. The molecule has 0 aliphatic carbocycles. The van der Waals surface area contributed by atoms with Crippen LogP contribution in [0.3, 0.4) is 0 Å². The summed E-state index contributed by atoms with van der Waals surface area (Å²) in [5, 5.41) is 14.1. The standard InChI is InChI=1S/C39H29BNO2/c42-40-43-34-24-22-33(23-25-34)41(27-31-13-5-6-14-35(31)28-10-2-1-3-11-28)32-20-18-29(19-21-32)39-26-30-12-4-7-15-36(30)37-16-8-9-17-38(37)39/h1-26,42H,27H2. The minimum absolute atomic E-state index is 0.578. The van der Waals surface area contributed by atoms with Gasteiger partial charge in [-0.15, -0.1) is 0 Å². The predicted molar refractivity (Wildman–Crippen MR) is 180 cm³/mol. The number of anilines is 2. The molecule has 0 aromatic heterocycles. The van der Waals surface area contributed by atoms with E-state index in [0.29, 0.717) is 20.0 Å². The van der Waals surface area contributed by atoms with Crippen LogP contribution in [-0.2, 0) is 6.54 Å². The number of nitrogens with zero attached hydrogens (tertiary/aromatic N) is 1. The molecule has 7 aromatic carbocycles. The zero-order chi connectivity index (χ0) is 29.0. The summed E-state index contributed by atoms with van der Waals surface area (Å²) >= 11 is 0. The zero-order valence-electron chi connectivity index (χ0n) is 23.6. The fourth-order valence-corrected chi connectivity index (χ4v) is 5.94. The van der Waals surface area contributed by atoms with Gasteiger partial charge in [0.2, 0.25) is 0 Å². The van der Waals surface area contributed by atoms with Gasteiger partial charge in [0.05, 0.1) is 0 Å². The van der Waals surface area contributed by atoms with Gasteiger partial charge in [0.1, 0.15) is 5.75 Å². The van der Waals surface area contributed by atoms with Crippen LogP contribution in [0.4, 0.5) is 11.4 Å². The zero-order valence-corrected chi connectivity index (χ0v) is 23.6. The van der Waals surface area contributed by atoms with Gasteiger partial charge in [-0.05, 0) is 91.8 Å². The Morgan fingerprint density at radius 3 is 1.84 bits per heavy atom. The van der Waals surface area contributed by atoms with E-state index in [-0.39, 0.29) is 0 Å². The summed E-state index contributed by atoms with van der Waals surface area (Å²) in [4.78, 5) is 2.32. The third kappa shape index (κ3) is 5.37. The lowest BCUT2D eigenvalue weighted by atomic mass is 9.93. The fourth-order valence-electron chi connectivity index (χ4n) is 5.94. The lowest BCUT2D eigenvalue weighted by Crippen LogP contribution is -2.17. The smallest absolute Gasteiger partial charge is 0.537 e. The van der Waals surface area contributed by atoms with Crippen LogP contribution < -0.4 is 9.55 Å². The van der Waals surface area contributed by atoms with Gasteiger partial charge in [-0.2, -0.15) is 0 Å². The molecule has 0 aliphatic heterocycles. The summed E-state index contributed by atoms with van der Waals surface area (Å²) in [6.45, 7) is 0.676. The maximum absolute atomic E-state index is 9.10. The monoisotopic (exact) mass is 554 g/mol. The average molecular weight is 554 g/mol. The first-order valence-electron chi connectivity index (χ1n) is 14.4. The maximum atomic E-state index is 9.10. The highest BCUT2D eigenvalue weighted by Crippen LogP contribution is 2.37. The third-order valence-electron chi connectivity index (χ3n) is 8.03. The normalized spacial score (nSPS) is 11.0. The summed E-state index contributed by atoms with van der Waals surface area (Å²) < 4.78 is 5.18. The number of hydrogen-bond acceptors (Lipinski definition) is 3. The highest BCUT2D eigenvalue weighted by atomic mass is 16.5. The van der Waals surface area contributed by atoms with E-state index in [9.17, 15) is 0 Å². The summed E-state index contributed by atoms with van der Waals surface area (Å²) in [7, 11) is 0.706. The van der Waals surface area contributed by atoms with Crippen LogP contribution in [0.2, 0.25) is 0 Å². The van der Waals surface area contributed by atoms with Crippen LogP contribution in [0.5, 0.6) is 5.75 Å². The van der Waals surface area contributed by atoms with Crippen LogP contribution in [0.1, 0.15) is 5.56 Å². The lowest BCUT2D eigenvalue weighted by Gasteiger charge is -2.27. The van der Waals surface area contributed by atoms with Crippen molar-refractivity contribution in [2.45, 2.75) is 6.54 Å². The number of rotatable bonds is 8. The molecule has 4 heteroatoms. The van der Waals surface area contributed by atoms with E-state index in [2.05, 4.69) is 132 Å². The molecule has 0 saturated carbocycles. The summed E-state index contributed by atoms with van der Waals surface area (Å²) in [5.41, 5.74) is 8.14. The SMILES string of the molecule is O[B]Oc1ccc(N(Cc2ccccc2-c2ccccc2)c2ccc(-c3cc4ccccc4c4ccccc34)cc2)cc1. The van der Waals surface area contributed by atoms with Gasteiger partial charge in [0.25, 0.3) is 0 Å². The van der Waals surface area contributed by atoms with Crippen molar-refractivity contribution in [2.75, 3.05) is 4.90 Å². The van der Waals surface area contributed by atoms with E-state index in [1.807, 2.05) is 30.3 Å². The Kier molecular flexibility index (Phi) is 7.35. The van der Waals surface area contributed by atoms with Gasteiger partial charge < -0.3 is 14.6 Å². The molecule has 0 atom stereocenters. The highest BCUT2D eigenvalue weighted by Gasteiger charge is 2.15. The summed E-state index contributed by atoms with van der Waals surface area (Å²) in [6.07, 6.45) is 0. The first-order chi connectivity index (χ1) is 21.3. The quantitative estimate of drug-likeness (QED) is 0.150.